The Labute approximate surface area is 175 Å². The van der Waals surface area contributed by atoms with Crippen LogP contribution in [-0.4, -0.2) is 50.5 Å². The van der Waals surface area contributed by atoms with Crippen molar-refractivity contribution in [2.24, 2.45) is 0 Å². The van der Waals surface area contributed by atoms with Gasteiger partial charge in [-0.2, -0.15) is 0 Å². The maximum atomic E-state index is 13.4. The molecule has 6 nitrogen and oxygen atoms in total. The SMILES string of the molecule is COc1cccc(OCCCN2CCC(c3noc4cc(F)ccc34)CC2)c1OC. The number of hydrogen-bond acceptors (Lipinski definition) is 6. The topological polar surface area (TPSA) is 57.0 Å². The van der Waals surface area contributed by atoms with Gasteiger partial charge >= 0.3 is 0 Å². The Morgan fingerprint density at radius 1 is 1.10 bits per heavy atom. The fourth-order valence-electron chi connectivity index (χ4n) is 4.10. The zero-order chi connectivity index (χ0) is 20.9. The summed E-state index contributed by atoms with van der Waals surface area (Å²) < 4.78 is 35.3. The van der Waals surface area contributed by atoms with Gasteiger partial charge in [0.25, 0.3) is 0 Å². The molecule has 1 aliphatic rings. The van der Waals surface area contributed by atoms with Crippen molar-refractivity contribution in [1.82, 2.24) is 10.1 Å². The van der Waals surface area contributed by atoms with E-state index in [1.165, 1.54) is 12.1 Å². The Hall–Kier alpha value is -2.80. The molecule has 1 saturated heterocycles. The van der Waals surface area contributed by atoms with Crippen molar-refractivity contribution in [1.29, 1.82) is 0 Å². The van der Waals surface area contributed by atoms with E-state index < -0.39 is 0 Å². The van der Waals surface area contributed by atoms with Gasteiger partial charge in [0.2, 0.25) is 5.75 Å². The van der Waals surface area contributed by atoms with Crippen LogP contribution in [0.4, 0.5) is 4.39 Å². The third-order valence-corrected chi connectivity index (χ3v) is 5.68. The molecule has 0 bridgehead atoms. The summed E-state index contributed by atoms with van der Waals surface area (Å²) in [5.74, 6) is 2.05. The maximum Gasteiger partial charge on any atom is 0.203 e. The lowest BCUT2D eigenvalue weighted by atomic mass is 9.91. The van der Waals surface area contributed by atoms with Crippen molar-refractivity contribution in [2.75, 3.05) is 40.5 Å². The fraction of sp³-hybridized carbons (Fsp3) is 0.435. The number of piperidine rings is 1. The lowest BCUT2D eigenvalue weighted by Gasteiger charge is -2.31. The molecule has 1 aliphatic heterocycles. The molecule has 0 radical (unpaired) electrons. The van der Waals surface area contributed by atoms with Crippen LogP contribution in [0.25, 0.3) is 11.0 Å². The fourth-order valence-corrected chi connectivity index (χ4v) is 4.10. The number of hydrogen-bond donors (Lipinski definition) is 0. The molecular weight excluding hydrogens is 387 g/mol. The predicted octanol–water partition coefficient (Wildman–Crippen LogP) is 4.63. The molecule has 30 heavy (non-hydrogen) atoms. The lowest BCUT2D eigenvalue weighted by molar-refractivity contribution is 0.189. The van der Waals surface area contributed by atoms with Gasteiger partial charge in [-0.05, 0) is 56.6 Å². The third kappa shape index (κ3) is 4.36. The standard InChI is InChI=1S/C23H27FN2O4/c1-27-19-5-3-6-20(23(19)28-2)29-14-4-11-26-12-9-16(10-13-26)22-18-8-7-17(24)15-21(18)30-25-22/h3,5-8,15-16H,4,9-14H2,1-2H3. The molecule has 7 heteroatoms. The molecule has 0 N–H and O–H groups in total. The molecule has 1 fully saturated rings. The molecule has 0 spiro atoms. The Kier molecular flexibility index (Phi) is 6.38. The van der Waals surface area contributed by atoms with Gasteiger partial charge in [-0.15, -0.1) is 0 Å². The molecule has 2 aromatic carbocycles. The normalized spacial score (nSPS) is 15.4. The van der Waals surface area contributed by atoms with Gasteiger partial charge in [-0.3, -0.25) is 0 Å². The molecule has 0 aliphatic carbocycles. The number of likely N-dealkylation sites (tertiary alicyclic amines) is 1. The highest BCUT2D eigenvalue weighted by molar-refractivity contribution is 5.79. The molecule has 2 heterocycles. The average Bonchev–Trinajstić information content (AvgIpc) is 3.19. The number of ether oxygens (including phenoxy) is 3. The van der Waals surface area contributed by atoms with E-state index in [4.69, 9.17) is 18.7 Å². The van der Waals surface area contributed by atoms with Gasteiger partial charge in [0, 0.05) is 23.9 Å². The van der Waals surface area contributed by atoms with Crippen LogP contribution in [-0.2, 0) is 0 Å². The highest BCUT2D eigenvalue weighted by Crippen LogP contribution is 2.37. The number of methoxy groups -OCH3 is 2. The summed E-state index contributed by atoms with van der Waals surface area (Å²) in [6.07, 6.45) is 2.96. The molecule has 4 rings (SSSR count). The van der Waals surface area contributed by atoms with Crippen LogP contribution in [0.5, 0.6) is 17.2 Å². The summed E-state index contributed by atoms with van der Waals surface area (Å²) >= 11 is 0. The van der Waals surface area contributed by atoms with Crippen LogP contribution in [0.3, 0.4) is 0 Å². The van der Waals surface area contributed by atoms with Crippen LogP contribution in [0, 0.1) is 5.82 Å². The van der Waals surface area contributed by atoms with E-state index in [1.807, 2.05) is 18.2 Å². The van der Waals surface area contributed by atoms with E-state index in [1.54, 1.807) is 20.3 Å². The Morgan fingerprint density at radius 3 is 2.67 bits per heavy atom. The zero-order valence-corrected chi connectivity index (χ0v) is 17.4. The molecule has 1 aromatic heterocycles. The summed E-state index contributed by atoms with van der Waals surface area (Å²) in [6.45, 7) is 3.60. The molecule has 0 saturated carbocycles. The third-order valence-electron chi connectivity index (χ3n) is 5.68. The van der Waals surface area contributed by atoms with Crippen LogP contribution in [0.1, 0.15) is 30.9 Å². The van der Waals surface area contributed by atoms with Crippen LogP contribution in [0.2, 0.25) is 0 Å². The minimum Gasteiger partial charge on any atom is -0.493 e. The number of benzene rings is 2. The predicted molar refractivity (Wildman–Crippen MR) is 112 cm³/mol. The van der Waals surface area contributed by atoms with Gasteiger partial charge in [0.1, 0.15) is 5.82 Å². The molecule has 0 atom stereocenters. The number of para-hydroxylation sites is 1. The Morgan fingerprint density at radius 2 is 1.90 bits per heavy atom. The Bertz CT molecular complexity index is 982. The first kappa shape index (κ1) is 20.5. The van der Waals surface area contributed by atoms with Gasteiger partial charge in [-0.25, -0.2) is 4.39 Å². The number of rotatable bonds is 8. The zero-order valence-electron chi connectivity index (χ0n) is 17.4. The molecule has 0 unspecified atom stereocenters. The smallest absolute Gasteiger partial charge is 0.203 e. The van der Waals surface area contributed by atoms with Crippen molar-refractivity contribution >= 4 is 11.0 Å². The van der Waals surface area contributed by atoms with Gasteiger partial charge < -0.3 is 23.6 Å². The summed E-state index contributed by atoms with van der Waals surface area (Å²) in [5.41, 5.74) is 1.48. The Balaban J connectivity index is 1.25. The number of aromatic nitrogens is 1. The number of nitrogens with zero attached hydrogens (tertiary/aromatic N) is 2. The molecule has 3 aromatic rings. The minimum atomic E-state index is -0.297. The van der Waals surface area contributed by atoms with Crippen molar-refractivity contribution in [3.8, 4) is 17.2 Å². The van der Waals surface area contributed by atoms with Crippen molar-refractivity contribution in [3.05, 3.63) is 47.9 Å². The van der Waals surface area contributed by atoms with Crippen LogP contribution >= 0.6 is 0 Å². The van der Waals surface area contributed by atoms with Crippen LogP contribution in [0.15, 0.2) is 40.9 Å². The van der Waals surface area contributed by atoms with Gasteiger partial charge in [0.15, 0.2) is 17.1 Å². The van der Waals surface area contributed by atoms with E-state index in [0.29, 0.717) is 35.4 Å². The van der Waals surface area contributed by atoms with Gasteiger partial charge in [0.05, 0.1) is 26.5 Å². The number of fused-ring (bicyclic) bond motifs is 1. The highest BCUT2D eigenvalue weighted by Gasteiger charge is 2.25. The minimum absolute atomic E-state index is 0.297. The molecular formula is C23H27FN2O4. The second-order valence-electron chi connectivity index (χ2n) is 7.52. The van der Waals surface area contributed by atoms with E-state index in [9.17, 15) is 4.39 Å². The summed E-state index contributed by atoms with van der Waals surface area (Å²) in [7, 11) is 3.23. The van der Waals surface area contributed by atoms with E-state index in [2.05, 4.69) is 10.1 Å². The first-order valence-electron chi connectivity index (χ1n) is 10.3. The second kappa shape index (κ2) is 9.34. The first-order chi connectivity index (χ1) is 14.7. The average molecular weight is 414 g/mol. The quantitative estimate of drug-likeness (QED) is 0.501. The summed E-state index contributed by atoms with van der Waals surface area (Å²) in [4.78, 5) is 2.45. The van der Waals surface area contributed by atoms with Crippen molar-refractivity contribution < 1.29 is 23.1 Å². The van der Waals surface area contributed by atoms with E-state index in [0.717, 1.165) is 50.0 Å². The number of halogens is 1. The van der Waals surface area contributed by atoms with Gasteiger partial charge in [-0.1, -0.05) is 11.2 Å². The first-order valence-corrected chi connectivity index (χ1v) is 10.3. The summed E-state index contributed by atoms with van der Waals surface area (Å²) in [5, 5.41) is 5.15. The van der Waals surface area contributed by atoms with E-state index >= 15 is 0 Å². The second-order valence-corrected chi connectivity index (χ2v) is 7.52. The lowest BCUT2D eigenvalue weighted by Crippen LogP contribution is -2.34. The van der Waals surface area contributed by atoms with E-state index in [-0.39, 0.29) is 5.82 Å². The van der Waals surface area contributed by atoms with Crippen LogP contribution < -0.4 is 14.2 Å². The summed E-state index contributed by atoms with van der Waals surface area (Å²) in [6, 6.07) is 10.3. The van der Waals surface area contributed by atoms with Crippen molar-refractivity contribution in [3.63, 3.8) is 0 Å². The maximum absolute atomic E-state index is 13.4. The largest absolute Gasteiger partial charge is 0.493 e. The monoisotopic (exact) mass is 414 g/mol. The highest BCUT2D eigenvalue weighted by atomic mass is 19.1. The molecule has 0 amide bonds. The molecule has 160 valence electrons. The van der Waals surface area contributed by atoms with Crippen molar-refractivity contribution in [2.45, 2.75) is 25.2 Å².